The van der Waals surface area contributed by atoms with Crippen molar-refractivity contribution >= 4 is 6.09 Å². The summed E-state index contributed by atoms with van der Waals surface area (Å²) >= 11 is 0. The standard InChI is InChI=1S/C17H26N2O2/c1-17(2,3)21-16(20)19-12-8-11-14(19)15(18-4)13-9-6-5-7-10-13/h5-7,9-10,14-15,18H,8,11-12H2,1-4H3/t14-,15-/m1/s1. The van der Waals surface area contributed by atoms with Gasteiger partial charge in [0.2, 0.25) is 0 Å². The zero-order valence-electron chi connectivity index (χ0n) is 13.4. The number of hydrogen-bond acceptors (Lipinski definition) is 3. The lowest BCUT2D eigenvalue weighted by Crippen LogP contribution is -2.45. The van der Waals surface area contributed by atoms with E-state index in [0.717, 1.165) is 19.4 Å². The third-order valence-corrected chi connectivity index (χ3v) is 3.78. The van der Waals surface area contributed by atoms with Gasteiger partial charge in [0.1, 0.15) is 5.60 Å². The van der Waals surface area contributed by atoms with Gasteiger partial charge >= 0.3 is 6.09 Å². The first-order valence-corrected chi connectivity index (χ1v) is 7.64. The van der Waals surface area contributed by atoms with Gasteiger partial charge in [0.15, 0.2) is 0 Å². The molecule has 0 bridgehead atoms. The third-order valence-electron chi connectivity index (χ3n) is 3.78. The Hall–Kier alpha value is -1.55. The topological polar surface area (TPSA) is 41.6 Å². The van der Waals surface area contributed by atoms with Crippen LogP contribution in [0.4, 0.5) is 4.79 Å². The van der Waals surface area contributed by atoms with E-state index in [1.165, 1.54) is 5.56 Å². The number of nitrogens with zero attached hydrogens (tertiary/aromatic N) is 1. The molecule has 1 amide bonds. The van der Waals surface area contributed by atoms with Crippen molar-refractivity contribution in [2.24, 2.45) is 0 Å². The van der Waals surface area contributed by atoms with E-state index in [1.54, 1.807) is 0 Å². The number of ether oxygens (including phenoxy) is 1. The van der Waals surface area contributed by atoms with E-state index in [-0.39, 0.29) is 18.2 Å². The molecule has 1 N–H and O–H groups in total. The number of nitrogens with one attached hydrogen (secondary N) is 1. The van der Waals surface area contributed by atoms with E-state index in [2.05, 4.69) is 17.4 Å². The summed E-state index contributed by atoms with van der Waals surface area (Å²) in [6.45, 7) is 6.48. The molecule has 4 nitrogen and oxygen atoms in total. The first-order chi connectivity index (χ1) is 9.92. The number of carbonyl (C=O) groups is 1. The zero-order chi connectivity index (χ0) is 15.5. The lowest BCUT2D eigenvalue weighted by Gasteiger charge is -2.33. The van der Waals surface area contributed by atoms with Gasteiger partial charge in [0.05, 0.1) is 12.1 Å². The summed E-state index contributed by atoms with van der Waals surface area (Å²) < 4.78 is 5.54. The highest BCUT2D eigenvalue weighted by molar-refractivity contribution is 5.69. The van der Waals surface area contributed by atoms with E-state index < -0.39 is 5.60 Å². The number of carbonyl (C=O) groups excluding carboxylic acids is 1. The summed E-state index contributed by atoms with van der Waals surface area (Å²) in [5, 5.41) is 3.36. The molecule has 1 aromatic carbocycles. The van der Waals surface area contributed by atoms with Gasteiger partial charge in [0, 0.05) is 6.54 Å². The molecule has 0 saturated carbocycles. The second kappa shape index (κ2) is 6.48. The molecule has 1 heterocycles. The van der Waals surface area contributed by atoms with E-state index in [0.29, 0.717) is 0 Å². The summed E-state index contributed by atoms with van der Waals surface area (Å²) in [7, 11) is 1.95. The molecule has 1 saturated heterocycles. The largest absolute Gasteiger partial charge is 0.444 e. The zero-order valence-corrected chi connectivity index (χ0v) is 13.4. The molecule has 1 aromatic rings. The van der Waals surface area contributed by atoms with Gasteiger partial charge in [0.25, 0.3) is 0 Å². The number of benzene rings is 1. The van der Waals surface area contributed by atoms with Crippen LogP contribution in [-0.2, 0) is 4.74 Å². The van der Waals surface area contributed by atoms with E-state index >= 15 is 0 Å². The van der Waals surface area contributed by atoms with Crippen LogP contribution in [0.25, 0.3) is 0 Å². The van der Waals surface area contributed by atoms with Crippen LogP contribution in [0.15, 0.2) is 30.3 Å². The van der Waals surface area contributed by atoms with Gasteiger partial charge in [-0.1, -0.05) is 30.3 Å². The summed E-state index contributed by atoms with van der Waals surface area (Å²) in [6, 6.07) is 10.6. The summed E-state index contributed by atoms with van der Waals surface area (Å²) in [5.74, 6) is 0. The van der Waals surface area contributed by atoms with E-state index in [4.69, 9.17) is 4.74 Å². The van der Waals surface area contributed by atoms with Crippen LogP contribution in [-0.4, -0.2) is 36.2 Å². The molecule has 4 heteroatoms. The van der Waals surface area contributed by atoms with Crippen molar-refractivity contribution in [2.45, 2.75) is 51.3 Å². The average Bonchev–Trinajstić information content (AvgIpc) is 2.88. The molecule has 116 valence electrons. The average molecular weight is 290 g/mol. The Morgan fingerprint density at radius 1 is 1.33 bits per heavy atom. The Bertz CT molecular complexity index is 467. The minimum absolute atomic E-state index is 0.140. The maximum atomic E-state index is 12.4. The van der Waals surface area contributed by atoms with Crippen molar-refractivity contribution in [2.75, 3.05) is 13.6 Å². The Morgan fingerprint density at radius 2 is 2.00 bits per heavy atom. The normalized spacial score (nSPS) is 20.4. The Kier molecular flexibility index (Phi) is 4.88. The van der Waals surface area contributed by atoms with Gasteiger partial charge in [-0.15, -0.1) is 0 Å². The van der Waals surface area contributed by atoms with Crippen molar-refractivity contribution < 1.29 is 9.53 Å². The molecule has 1 fully saturated rings. The molecule has 0 radical (unpaired) electrons. The van der Waals surface area contributed by atoms with Gasteiger partial charge < -0.3 is 15.0 Å². The number of rotatable bonds is 3. The number of likely N-dealkylation sites (N-methyl/N-ethyl adjacent to an activating group) is 1. The van der Waals surface area contributed by atoms with Crippen molar-refractivity contribution in [3.8, 4) is 0 Å². The highest BCUT2D eigenvalue weighted by Gasteiger charge is 2.36. The van der Waals surface area contributed by atoms with Gasteiger partial charge in [-0.2, -0.15) is 0 Å². The second-order valence-electron chi connectivity index (χ2n) is 6.56. The Morgan fingerprint density at radius 3 is 2.57 bits per heavy atom. The predicted molar refractivity (Wildman–Crippen MR) is 84.2 cm³/mol. The van der Waals surface area contributed by atoms with Crippen LogP contribution in [0.3, 0.4) is 0 Å². The number of amides is 1. The highest BCUT2D eigenvalue weighted by Crippen LogP contribution is 2.30. The monoisotopic (exact) mass is 290 g/mol. The quantitative estimate of drug-likeness (QED) is 0.928. The molecule has 21 heavy (non-hydrogen) atoms. The maximum Gasteiger partial charge on any atom is 0.410 e. The molecule has 2 atom stereocenters. The minimum Gasteiger partial charge on any atom is -0.444 e. The first kappa shape index (κ1) is 15.8. The molecule has 0 spiro atoms. The Labute approximate surface area is 127 Å². The maximum absolute atomic E-state index is 12.4. The number of hydrogen-bond donors (Lipinski definition) is 1. The fourth-order valence-corrected chi connectivity index (χ4v) is 2.93. The molecule has 0 unspecified atom stereocenters. The molecule has 2 rings (SSSR count). The highest BCUT2D eigenvalue weighted by atomic mass is 16.6. The van der Waals surface area contributed by atoms with Crippen LogP contribution in [0.2, 0.25) is 0 Å². The van der Waals surface area contributed by atoms with Crippen molar-refractivity contribution in [3.63, 3.8) is 0 Å². The third kappa shape index (κ3) is 3.97. The predicted octanol–water partition coefficient (Wildman–Crippen LogP) is 3.35. The van der Waals surface area contributed by atoms with E-state index in [9.17, 15) is 4.79 Å². The molecule has 1 aliphatic heterocycles. The smallest absolute Gasteiger partial charge is 0.410 e. The molecular weight excluding hydrogens is 264 g/mol. The minimum atomic E-state index is -0.452. The summed E-state index contributed by atoms with van der Waals surface area (Å²) in [5.41, 5.74) is 0.756. The molecular formula is C17H26N2O2. The Balaban J connectivity index is 2.15. The fourth-order valence-electron chi connectivity index (χ4n) is 2.93. The molecule has 0 aromatic heterocycles. The van der Waals surface area contributed by atoms with Crippen LogP contribution in [0.1, 0.15) is 45.2 Å². The first-order valence-electron chi connectivity index (χ1n) is 7.64. The van der Waals surface area contributed by atoms with Crippen LogP contribution >= 0.6 is 0 Å². The molecule has 1 aliphatic rings. The second-order valence-corrected chi connectivity index (χ2v) is 6.56. The van der Waals surface area contributed by atoms with Crippen molar-refractivity contribution in [3.05, 3.63) is 35.9 Å². The van der Waals surface area contributed by atoms with Crippen molar-refractivity contribution in [1.29, 1.82) is 0 Å². The van der Waals surface area contributed by atoms with Crippen LogP contribution < -0.4 is 5.32 Å². The van der Waals surface area contributed by atoms with Crippen LogP contribution in [0, 0.1) is 0 Å². The SMILES string of the molecule is CN[C@H](c1ccccc1)[C@H]1CCCN1C(=O)OC(C)(C)C. The van der Waals surface area contributed by atoms with E-state index in [1.807, 2.05) is 50.9 Å². The summed E-state index contributed by atoms with van der Waals surface area (Å²) in [6.07, 6.45) is 1.82. The van der Waals surface area contributed by atoms with Gasteiger partial charge in [-0.3, -0.25) is 0 Å². The number of likely N-dealkylation sites (tertiary alicyclic amines) is 1. The van der Waals surface area contributed by atoms with Gasteiger partial charge in [-0.25, -0.2) is 4.79 Å². The van der Waals surface area contributed by atoms with Crippen molar-refractivity contribution in [1.82, 2.24) is 10.2 Å². The molecule has 0 aliphatic carbocycles. The summed E-state index contributed by atoms with van der Waals surface area (Å²) in [4.78, 5) is 14.3. The van der Waals surface area contributed by atoms with Gasteiger partial charge in [-0.05, 0) is 46.2 Å². The van der Waals surface area contributed by atoms with Crippen LogP contribution in [0.5, 0.6) is 0 Å². The lowest BCUT2D eigenvalue weighted by molar-refractivity contribution is 0.0197. The lowest BCUT2D eigenvalue weighted by atomic mass is 9.97. The fraction of sp³-hybridized carbons (Fsp3) is 0.588.